The molecule has 0 aromatic heterocycles. The van der Waals surface area contributed by atoms with Gasteiger partial charge >= 0.3 is 0 Å². The average Bonchev–Trinajstić information content (AvgIpc) is 2.82. The lowest BCUT2D eigenvalue weighted by atomic mass is 10.0. The number of carbonyl (C=O) groups is 1. The summed E-state index contributed by atoms with van der Waals surface area (Å²) >= 11 is 6.17. The van der Waals surface area contributed by atoms with E-state index in [2.05, 4.69) is 5.32 Å². The van der Waals surface area contributed by atoms with Crippen LogP contribution < -0.4 is 10.1 Å². The first-order valence-corrected chi connectivity index (χ1v) is 11.8. The van der Waals surface area contributed by atoms with Crippen LogP contribution in [-0.2, 0) is 21.4 Å². The zero-order chi connectivity index (χ0) is 23.1. The SMILES string of the molecule is COc1ccc([C@H](CC(=O)NCc2ccccc2Cl)N(C)S(=O)(=O)c2ccccc2)cc1. The van der Waals surface area contributed by atoms with Gasteiger partial charge in [0.2, 0.25) is 15.9 Å². The number of carbonyl (C=O) groups excluding carboxylic acids is 1. The van der Waals surface area contributed by atoms with Crippen molar-refractivity contribution in [2.24, 2.45) is 0 Å². The number of ether oxygens (including phenoxy) is 1. The fourth-order valence-electron chi connectivity index (χ4n) is 3.29. The summed E-state index contributed by atoms with van der Waals surface area (Å²) in [6, 6.07) is 21.7. The summed E-state index contributed by atoms with van der Waals surface area (Å²) in [5.41, 5.74) is 1.47. The van der Waals surface area contributed by atoms with Gasteiger partial charge in [0.1, 0.15) is 5.75 Å². The monoisotopic (exact) mass is 472 g/mol. The minimum Gasteiger partial charge on any atom is -0.497 e. The van der Waals surface area contributed by atoms with Gasteiger partial charge in [0.05, 0.1) is 18.0 Å². The largest absolute Gasteiger partial charge is 0.497 e. The Labute approximate surface area is 193 Å². The molecule has 0 radical (unpaired) electrons. The molecule has 0 aliphatic heterocycles. The summed E-state index contributed by atoms with van der Waals surface area (Å²) in [7, 11) is -0.780. The number of hydrogen-bond donors (Lipinski definition) is 1. The Hall–Kier alpha value is -2.87. The highest BCUT2D eigenvalue weighted by Crippen LogP contribution is 2.30. The number of nitrogens with zero attached hydrogens (tertiary/aromatic N) is 1. The molecule has 3 aromatic carbocycles. The Morgan fingerprint density at radius 3 is 2.25 bits per heavy atom. The molecule has 0 heterocycles. The molecule has 0 spiro atoms. The van der Waals surface area contributed by atoms with Crippen LogP contribution in [0.3, 0.4) is 0 Å². The molecule has 1 amide bonds. The number of rotatable bonds is 9. The van der Waals surface area contributed by atoms with Gasteiger partial charge in [0, 0.05) is 25.0 Å². The van der Waals surface area contributed by atoms with Crippen molar-refractivity contribution in [2.75, 3.05) is 14.2 Å². The fraction of sp³-hybridized carbons (Fsp3) is 0.208. The average molecular weight is 473 g/mol. The van der Waals surface area contributed by atoms with Crippen molar-refractivity contribution in [2.45, 2.75) is 23.9 Å². The number of sulfonamides is 1. The number of nitrogens with one attached hydrogen (secondary N) is 1. The molecule has 8 heteroatoms. The predicted molar refractivity (Wildman–Crippen MR) is 125 cm³/mol. The zero-order valence-electron chi connectivity index (χ0n) is 17.9. The van der Waals surface area contributed by atoms with Crippen molar-refractivity contribution in [3.05, 3.63) is 95.0 Å². The van der Waals surface area contributed by atoms with Crippen LogP contribution in [-0.4, -0.2) is 32.8 Å². The van der Waals surface area contributed by atoms with Crippen LogP contribution in [0.4, 0.5) is 0 Å². The molecule has 0 saturated heterocycles. The molecule has 168 valence electrons. The Kier molecular flexibility index (Phi) is 7.90. The maximum absolute atomic E-state index is 13.2. The maximum atomic E-state index is 13.2. The van der Waals surface area contributed by atoms with Crippen molar-refractivity contribution >= 4 is 27.5 Å². The summed E-state index contributed by atoms with van der Waals surface area (Å²) in [4.78, 5) is 13.0. The number of benzene rings is 3. The molecular formula is C24H25ClN2O4S. The van der Waals surface area contributed by atoms with E-state index in [1.807, 2.05) is 18.2 Å². The maximum Gasteiger partial charge on any atom is 0.243 e. The zero-order valence-corrected chi connectivity index (χ0v) is 19.4. The summed E-state index contributed by atoms with van der Waals surface area (Å²) in [5.74, 6) is 0.352. The molecule has 3 aromatic rings. The third-order valence-corrected chi connectivity index (χ3v) is 7.42. The van der Waals surface area contributed by atoms with Gasteiger partial charge < -0.3 is 10.1 Å². The second kappa shape index (κ2) is 10.6. The number of halogens is 1. The lowest BCUT2D eigenvalue weighted by molar-refractivity contribution is -0.122. The van der Waals surface area contributed by atoms with Gasteiger partial charge in [-0.25, -0.2) is 8.42 Å². The first-order valence-electron chi connectivity index (χ1n) is 10.00. The number of methoxy groups -OCH3 is 1. The van der Waals surface area contributed by atoms with Gasteiger partial charge in [-0.05, 0) is 41.5 Å². The van der Waals surface area contributed by atoms with E-state index in [1.165, 1.54) is 23.5 Å². The summed E-state index contributed by atoms with van der Waals surface area (Å²) in [6.07, 6.45) is -0.0562. The standard InChI is InChI=1S/C24H25ClN2O4S/c1-27(32(29,30)21-9-4-3-5-10-21)23(18-12-14-20(31-2)15-13-18)16-24(28)26-17-19-8-6-7-11-22(19)25/h3-15,23H,16-17H2,1-2H3,(H,26,28)/t23-/m0/s1. The summed E-state index contributed by atoms with van der Waals surface area (Å²) in [6.45, 7) is 0.253. The molecule has 0 aliphatic carbocycles. The van der Waals surface area contributed by atoms with Gasteiger partial charge in [-0.3, -0.25) is 4.79 Å². The third kappa shape index (κ3) is 5.68. The molecule has 32 heavy (non-hydrogen) atoms. The molecule has 0 saturated carbocycles. The van der Waals surface area contributed by atoms with Gasteiger partial charge in [-0.2, -0.15) is 4.31 Å². The molecule has 1 atom stereocenters. The highest BCUT2D eigenvalue weighted by Gasteiger charge is 2.30. The second-order valence-electron chi connectivity index (χ2n) is 7.20. The topological polar surface area (TPSA) is 75.7 Å². The first kappa shape index (κ1) is 23.8. The van der Waals surface area contributed by atoms with E-state index in [1.54, 1.807) is 55.6 Å². The molecule has 3 rings (SSSR count). The Balaban J connectivity index is 1.85. The van der Waals surface area contributed by atoms with Gasteiger partial charge in [-0.15, -0.1) is 0 Å². The Morgan fingerprint density at radius 2 is 1.62 bits per heavy atom. The van der Waals surface area contributed by atoms with E-state index in [0.717, 1.165) is 5.56 Å². The van der Waals surface area contributed by atoms with E-state index < -0.39 is 16.1 Å². The summed E-state index contributed by atoms with van der Waals surface area (Å²) in [5, 5.41) is 3.40. The normalized spacial score (nSPS) is 12.4. The molecule has 1 N–H and O–H groups in total. The first-order chi connectivity index (χ1) is 15.3. The molecule has 0 bridgehead atoms. The van der Waals surface area contributed by atoms with Gasteiger partial charge in [0.25, 0.3) is 0 Å². The Morgan fingerprint density at radius 1 is 1.00 bits per heavy atom. The molecule has 0 unspecified atom stereocenters. The van der Waals surface area contributed by atoms with E-state index >= 15 is 0 Å². The van der Waals surface area contributed by atoms with Crippen LogP contribution >= 0.6 is 11.6 Å². The number of hydrogen-bond acceptors (Lipinski definition) is 4. The summed E-state index contributed by atoms with van der Waals surface area (Å²) < 4.78 is 32.9. The highest BCUT2D eigenvalue weighted by atomic mass is 35.5. The molecule has 6 nitrogen and oxygen atoms in total. The Bertz CT molecular complexity index is 1150. The van der Waals surface area contributed by atoms with Crippen molar-refractivity contribution in [1.82, 2.24) is 9.62 Å². The minimum atomic E-state index is -3.82. The lowest BCUT2D eigenvalue weighted by Crippen LogP contribution is -2.35. The van der Waals surface area contributed by atoms with Crippen LogP contribution in [0, 0.1) is 0 Å². The minimum absolute atomic E-state index is 0.0562. The molecular weight excluding hydrogens is 448 g/mol. The van der Waals surface area contributed by atoms with E-state index in [9.17, 15) is 13.2 Å². The lowest BCUT2D eigenvalue weighted by Gasteiger charge is -2.28. The van der Waals surface area contributed by atoms with Gasteiger partial charge in [0.15, 0.2) is 0 Å². The van der Waals surface area contributed by atoms with Crippen molar-refractivity contribution in [3.63, 3.8) is 0 Å². The van der Waals surface area contributed by atoms with Crippen LogP contribution in [0.15, 0.2) is 83.8 Å². The fourth-order valence-corrected chi connectivity index (χ4v) is 4.86. The van der Waals surface area contributed by atoms with Crippen LogP contribution in [0.5, 0.6) is 5.75 Å². The number of amides is 1. The van der Waals surface area contributed by atoms with Crippen molar-refractivity contribution in [3.8, 4) is 5.75 Å². The third-order valence-electron chi connectivity index (χ3n) is 5.17. The quantitative estimate of drug-likeness (QED) is 0.500. The van der Waals surface area contributed by atoms with Crippen LogP contribution in [0.1, 0.15) is 23.6 Å². The van der Waals surface area contributed by atoms with Crippen molar-refractivity contribution < 1.29 is 17.9 Å². The molecule has 0 fully saturated rings. The van der Waals surface area contributed by atoms with Crippen LogP contribution in [0.25, 0.3) is 0 Å². The van der Waals surface area contributed by atoms with Crippen LogP contribution in [0.2, 0.25) is 5.02 Å². The highest BCUT2D eigenvalue weighted by molar-refractivity contribution is 7.89. The van der Waals surface area contributed by atoms with E-state index in [4.69, 9.17) is 16.3 Å². The van der Waals surface area contributed by atoms with Crippen molar-refractivity contribution in [1.29, 1.82) is 0 Å². The van der Waals surface area contributed by atoms with E-state index in [-0.39, 0.29) is 23.8 Å². The second-order valence-corrected chi connectivity index (χ2v) is 9.60. The predicted octanol–water partition coefficient (Wildman–Crippen LogP) is 4.42. The van der Waals surface area contributed by atoms with E-state index in [0.29, 0.717) is 16.3 Å². The smallest absolute Gasteiger partial charge is 0.243 e. The molecule has 0 aliphatic rings. The van der Waals surface area contributed by atoms with Gasteiger partial charge in [-0.1, -0.05) is 60.1 Å².